The predicted octanol–water partition coefficient (Wildman–Crippen LogP) is 2.80. The quantitative estimate of drug-likeness (QED) is 0.572. The van der Waals surface area contributed by atoms with Crippen LogP contribution in [0.5, 0.6) is 0 Å². The maximum Gasteiger partial charge on any atom is 0.333 e. The maximum absolute atomic E-state index is 12.0. The number of carbonyl (C=O) groups is 2. The number of hydrogen-bond acceptors (Lipinski definition) is 5. The van der Waals surface area contributed by atoms with Crippen molar-refractivity contribution in [1.82, 2.24) is 4.98 Å². The smallest absolute Gasteiger partial charge is 0.333 e. The van der Waals surface area contributed by atoms with Crippen molar-refractivity contribution in [1.29, 1.82) is 0 Å². The zero-order valence-electron chi connectivity index (χ0n) is 13.6. The minimum absolute atomic E-state index is 0.0153. The number of rotatable bonds is 7. The number of aromatic nitrogens is 1. The second-order valence-electron chi connectivity index (χ2n) is 5.95. The van der Waals surface area contributed by atoms with Gasteiger partial charge in [0.05, 0.1) is 6.42 Å². The van der Waals surface area contributed by atoms with Crippen LogP contribution < -0.4 is 0 Å². The van der Waals surface area contributed by atoms with Gasteiger partial charge < -0.3 is 9.47 Å². The highest BCUT2D eigenvalue weighted by atomic mass is 16.6. The molecule has 5 heteroatoms. The van der Waals surface area contributed by atoms with Crippen LogP contribution in [0.1, 0.15) is 39.8 Å². The summed E-state index contributed by atoms with van der Waals surface area (Å²) in [5.74, 6) is -0.841. The minimum atomic E-state index is -0.504. The second kappa shape index (κ2) is 7.73. The van der Waals surface area contributed by atoms with E-state index in [0.29, 0.717) is 5.57 Å². The predicted molar refractivity (Wildman–Crippen MR) is 83.2 cm³/mol. The van der Waals surface area contributed by atoms with Gasteiger partial charge in [-0.05, 0) is 26.0 Å². The molecule has 1 heterocycles. The summed E-state index contributed by atoms with van der Waals surface area (Å²) in [6, 6.07) is 5.59. The fraction of sp³-hybridized carbons (Fsp3) is 0.471. The Balaban J connectivity index is 2.48. The lowest BCUT2D eigenvalue weighted by molar-refractivity contribution is -0.157. The van der Waals surface area contributed by atoms with Crippen molar-refractivity contribution in [3.05, 3.63) is 42.2 Å². The number of hydrogen-bond donors (Lipinski definition) is 0. The number of esters is 2. The Morgan fingerprint density at radius 3 is 2.59 bits per heavy atom. The first kappa shape index (κ1) is 17.9. The molecule has 0 N–H and O–H groups in total. The lowest BCUT2D eigenvalue weighted by Crippen LogP contribution is -2.28. The Morgan fingerprint density at radius 2 is 2.05 bits per heavy atom. The highest BCUT2D eigenvalue weighted by Gasteiger charge is 2.27. The first-order valence-electron chi connectivity index (χ1n) is 7.16. The number of carbonyl (C=O) groups excluding carboxylic acids is 2. The lowest BCUT2D eigenvalue weighted by atomic mass is 9.85. The van der Waals surface area contributed by atoms with Crippen LogP contribution >= 0.6 is 0 Å². The number of pyridine rings is 1. The Bertz CT molecular complexity index is 537. The van der Waals surface area contributed by atoms with Crippen LogP contribution in [-0.2, 0) is 24.5 Å². The molecule has 0 aliphatic carbocycles. The summed E-state index contributed by atoms with van der Waals surface area (Å²) in [5, 5.41) is 0. The molecule has 1 rings (SSSR count). The van der Waals surface area contributed by atoms with Gasteiger partial charge in [0.15, 0.2) is 0 Å². The summed E-state index contributed by atoms with van der Waals surface area (Å²) in [5.41, 5.74) is 0.718. The lowest BCUT2D eigenvalue weighted by Gasteiger charge is -2.23. The average Bonchev–Trinajstić information content (AvgIpc) is 2.44. The Kier molecular flexibility index (Phi) is 6.28. The summed E-state index contributed by atoms with van der Waals surface area (Å²) in [4.78, 5) is 27.6. The molecule has 1 aromatic heterocycles. The van der Waals surface area contributed by atoms with Gasteiger partial charge in [-0.2, -0.15) is 0 Å². The third-order valence-electron chi connectivity index (χ3n) is 3.07. The third-order valence-corrected chi connectivity index (χ3v) is 3.07. The fourth-order valence-corrected chi connectivity index (χ4v) is 1.83. The molecule has 22 heavy (non-hydrogen) atoms. The summed E-state index contributed by atoms with van der Waals surface area (Å²) in [6.07, 6.45) is 1.39. The van der Waals surface area contributed by atoms with Crippen molar-refractivity contribution >= 4 is 11.9 Å². The molecule has 1 atom stereocenters. The van der Waals surface area contributed by atoms with Gasteiger partial charge >= 0.3 is 11.9 Å². The Morgan fingerprint density at radius 1 is 1.36 bits per heavy atom. The summed E-state index contributed by atoms with van der Waals surface area (Å²) >= 11 is 0. The summed E-state index contributed by atoms with van der Waals surface area (Å²) in [7, 11) is 0. The molecule has 0 amide bonds. The van der Waals surface area contributed by atoms with Crippen LogP contribution in [0.15, 0.2) is 36.5 Å². The SMILES string of the molecule is C=C(C)C(=O)OCC(C)OC(=O)CC(C)(C)c1ccccn1. The molecule has 0 aliphatic rings. The van der Waals surface area contributed by atoms with Crippen LogP contribution in [0.2, 0.25) is 0 Å². The second-order valence-corrected chi connectivity index (χ2v) is 5.95. The van der Waals surface area contributed by atoms with E-state index in [1.54, 1.807) is 20.0 Å². The highest BCUT2D eigenvalue weighted by molar-refractivity contribution is 5.86. The van der Waals surface area contributed by atoms with Gasteiger partial charge in [0, 0.05) is 22.9 Å². The molecule has 0 aromatic carbocycles. The molecule has 120 valence electrons. The van der Waals surface area contributed by atoms with Crippen molar-refractivity contribution in [2.75, 3.05) is 6.61 Å². The van der Waals surface area contributed by atoms with Gasteiger partial charge in [0.2, 0.25) is 0 Å². The van der Waals surface area contributed by atoms with E-state index in [-0.39, 0.29) is 19.0 Å². The number of ether oxygens (including phenoxy) is 2. The first-order chi connectivity index (χ1) is 10.2. The van der Waals surface area contributed by atoms with Crippen molar-refractivity contribution in [2.24, 2.45) is 0 Å². The first-order valence-corrected chi connectivity index (χ1v) is 7.16. The van der Waals surface area contributed by atoms with Crippen LogP contribution in [0.3, 0.4) is 0 Å². The van der Waals surface area contributed by atoms with E-state index in [1.807, 2.05) is 32.0 Å². The molecule has 0 fully saturated rings. The van der Waals surface area contributed by atoms with Crippen LogP contribution in [0, 0.1) is 0 Å². The standard InChI is InChI=1S/C17H23NO4/c1-12(2)16(20)21-11-13(3)22-15(19)10-17(4,5)14-8-6-7-9-18-14/h6-9,13H,1,10-11H2,2-5H3. The van der Waals surface area contributed by atoms with Gasteiger partial charge in [0.25, 0.3) is 0 Å². The molecule has 5 nitrogen and oxygen atoms in total. The largest absolute Gasteiger partial charge is 0.459 e. The van der Waals surface area contributed by atoms with E-state index in [0.717, 1.165) is 5.69 Å². The molecule has 0 aliphatic heterocycles. The minimum Gasteiger partial charge on any atom is -0.459 e. The van der Waals surface area contributed by atoms with Crippen LogP contribution in [-0.4, -0.2) is 29.6 Å². The zero-order chi connectivity index (χ0) is 16.8. The normalized spacial score (nSPS) is 12.4. The van der Waals surface area contributed by atoms with E-state index < -0.39 is 17.5 Å². The molecule has 1 aromatic rings. The highest BCUT2D eigenvalue weighted by Crippen LogP contribution is 2.25. The molecule has 1 unspecified atom stereocenters. The van der Waals surface area contributed by atoms with E-state index in [4.69, 9.17) is 9.47 Å². The zero-order valence-corrected chi connectivity index (χ0v) is 13.6. The molecule has 0 saturated heterocycles. The topological polar surface area (TPSA) is 65.5 Å². The molecule has 0 saturated carbocycles. The fourth-order valence-electron chi connectivity index (χ4n) is 1.83. The Hall–Kier alpha value is -2.17. The van der Waals surface area contributed by atoms with Crippen LogP contribution in [0.25, 0.3) is 0 Å². The molecular weight excluding hydrogens is 282 g/mol. The van der Waals surface area contributed by atoms with Gasteiger partial charge in [-0.3, -0.25) is 9.78 Å². The van der Waals surface area contributed by atoms with Gasteiger partial charge in [-0.15, -0.1) is 0 Å². The van der Waals surface area contributed by atoms with Crippen molar-refractivity contribution in [2.45, 2.75) is 45.6 Å². The van der Waals surface area contributed by atoms with Crippen LogP contribution in [0.4, 0.5) is 0 Å². The molecule has 0 radical (unpaired) electrons. The van der Waals surface area contributed by atoms with Crippen molar-refractivity contribution < 1.29 is 19.1 Å². The van der Waals surface area contributed by atoms with Crippen molar-refractivity contribution in [3.8, 4) is 0 Å². The summed E-state index contributed by atoms with van der Waals surface area (Å²) in [6.45, 7) is 10.6. The third kappa shape index (κ3) is 5.68. The van der Waals surface area contributed by atoms with E-state index >= 15 is 0 Å². The molecule has 0 bridgehead atoms. The maximum atomic E-state index is 12.0. The molecule has 0 spiro atoms. The average molecular weight is 305 g/mol. The van der Waals surface area contributed by atoms with Gasteiger partial charge in [-0.1, -0.05) is 26.5 Å². The van der Waals surface area contributed by atoms with Gasteiger partial charge in [0.1, 0.15) is 12.7 Å². The van der Waals surface area contributed by atoms with E-state index in [1.165, 1.54) is 0 Å². The Labute approximate surface area is 131 Å². The monoisotopic (exact) mass is 305 g/mol. The van der Waals surface area contributed by atoms with Gasteiger partial charge in [-0.25, -0.2) is 4.79 Å². The van der Waals surface area contributed by atoms with Crippen molar-refractivity contribution in [3.63, 3.8) is 0 Å². The summed E-state index contributed by atoms with van der Waals surface area (Å²) < 4.78 is 10.2. The van der Waals surface area contributed by atoms with E-state index in [2.05, 4.69) is 11.6 Å². The number of nitrogens with zero attached hydrogens (tertiary/aromatic N) is 1. The molecular formula is C17H23NO4. The van der Waals surface area contributed by atoms with E-state index in [9.17, 15) is 9.59 Å².